The Balaban J connectivity index is 1.24. The maximum Gasteiger partial charge on any atom is 0.306 e. The van der Waals surface area contributed by atoms with E-state index in [1.807, 2.05) is 19.1 Å². The molecule has 4 heteroatoms. The average Bonchev–Trinajstić information content (AvgIpc) is 3.33. The third-order valence-electron chi connectivity index (χ3n) is 7.09. The summed E-state index contributed by atoms with van der Waals surface area (Å²) in [6.07, 6.45) is 11.7. The maximum atomic E-state index is 12.1. The van der Waals surface area contributed by atoms with Crippen molar-refractivity contribution < 1.29 is 14.6 Å². The van der Waals surface area contributed by atoms with Crippen LogP contribution in [0, 0.1) is 18.8 Å². The highest BCUT2D eigenvalue weighted by atomic mass is 32.2. The number of carbonyl (C=O) groups is 1. The fourth-order valence-corrected chi connectivity index (χ4v) is 6.86. The third-order valence-corrected chi connectivity index (χ3v) is 8.62. The lowest BCUT2D eigenvalue weighted by Gasteiger charge is -2.22. The molecule has 3 unspecified atom stereocenters. The number of fused-ring (bicyclic) bond motifs is 2. The number of rotatable bonds is 11. The predicted octanol–water partition coefficient (Wildman–Crippen LogP) is 6.96. The molecule has 3 atom stereocenters. The molecule has 174 valence electrons. The SMILES string of the molecule is Cc1cc(CCC(=O)OCCCCCCSC2CC3CCC2C3)cc(C(C)(C)C)c1O. The van der Waals surface area contributed by atoms with Crippen LogP contribution in [-0.4, -0.2) is 28.7 Å². The number of hydrogen-bond donors (Lipinski definition) is 1. The van der Waals surface area contributed by atoms with E-state index in [2.05, 4.69) is 32.5 Å². The molecule has 0 heterocycles. The van der Waals surface area contributed by atoms with Gasteiger partial charge in [0, 0.05) is 11.7 Å². The molecule has 31 heavy (non-hydrogen) atoms. The Kier molecular flexibility index (Phi) is 8.78. The van der Waals surface area contributed by atoms with Gasteiger partial charge in [-0.3, -0.25) is 4.79 Å². The van der Waals surface area contributed by atoms with E-state index in [-0.39, 0.29) is 11.4 Å². The van der Waals surface area contributed by atoms with Gasteiger partial charge < -0.3 is 9.84 Å². The minimum atomic E-state index is -0.124. The van der Waals surface area contributed by atoms with Crippen molar-refractivity contribution in [3.8, 4) is 5.75 Å². The number of ether oxygens (including phenoxy) is 1. The van der Waals surface area contributed by atoms with Crippen molar-refractivity contribution >= 4 is 17.7 Å². The second-order valence-electron chi connectivity index (χ2n) is 10.8. The van der Waals surface area contributed by atoms with Gasteiger partial charge >= 0.3 is 5.97 Å². The van der Waals surface area contributed by atoms with Crippen molar-refractivity contribution in [2.24, 2.45) is 11.8 Å². The highest BCUT2D eigenvalue weighted by Gasteiger charge is 2.39. The fourth-order valence-electron chi connectivity index (χ4n) is 5.26. The maximum absolute atomic E-state index is 12.1. The quantitative estimate of drug-likeness (QED) is 0.295. The first-order chi connectivity index (χ1) is 14.7. The summed E-state index contributed by atoms with van der Waals surface area (Å²) in [4.78, 5) is 12.1. The number of aromatic hydroxyl groups is 1. The van der Waals surface area contributed by atoms with Crippen molar-refractivity contribution in [3.05, 3.63) is 28.8 Å². The molecule has 3 rings (SSSR count). The fraction of sp³-hybridized carbons (Fsp3) is 0.741. The summed E-state index contributed by atoms with van der Waals surface area (Å²) in [6.45, 7) is 8.74. The van der Waals surface area contributed by atoms with E-state index < -0.39 is 0 Å². The summed E-state index contributed by atoms with van der Waals surface area (Å²) in [6, 6.07) is 4.01. The summed E-state index contributed by atoms with van der Waals surface area (Å²) in [5.41, 5.74) is 2.77. The Morgan fingerprint density at radius 3 is 2.58 bits per heavy atom. The molecular weight excluding hydrogens is 404 g/mol. The summed E-state index contributed by atoms with van der Waals surface area (Å²) in [5, 5.41) is 11.3. The Hall–Kier alpha value is -1.16. The smallest absolute Gasteiger partial charge is 0.306 e. The zero-order chi connectivity index (χ0) is 22.4. The Labute approximate surface area is 193 Å². The van der Waals surface area contributed by atoms with Gasteiger partial charge in [-0.25, -0.2) is 0 Å². The van der Waals surface area contributed by atoms with E-state index in [0.717, 1.165) is 46.6 Å². The lowest BCUT2D eigenvalue weighted by Crippen LogP contribution is -2.13. The molecule has 2 fully saturated rings. The van der Waals surface area contributed by atoms with E-state index >= 15 is 0 Å². The molecule has 1 N–H and O–H groups in total. The summed E-state index contributed by atoms with van der Waals surface area (Å²) >= 11 is 2.22. The second kappa shape index (κ2) is 11.1. The van der Waals surface area contributed by atoms with Crippen LogP contribution in [0.5, 0.6) is 5.75 Å². The van der Waals surface area contributed by atoms with Crippen LogP contribution in [0.25, 0.3) is 0 Å². The zero-order valence-electron chi connectivity index (χ0n) is 20.0. The number of esters is 1. The number of phenolic OH excluding ortho intramolecular Hbond substituents is 1. The predicted molar refractivity (Wildman–Crippen MR) is 131 cm³/mol. The van der Waals surface area contributed by atoms with Gasteiger partial charge in [-0.2, -0.15) is 11.8 Å². The summed E-state index contributed by atoms with van der Waals surface area (Å²) in [5.74, 6) is 3.63. The molecule has 3 nitrogen and oxygen atoms in total. The molecule has 2 saturated carbocycles. The van der Waals surface area contributed by atoms with Gasteiger partial charge in [-0.1, -0.05) is 52.2 Å². The van der Waals surface area contributed by atoms with Crippen LogP contribution in [0.2, 0.25) is 0 Å². The van der Waals surface area contributed by atoms with Gasteiger partial charge in [0.15, 0.2) is 0 Å². The Morgan fingerprint density at radius 1 is 1.13 bits per heavy atom. The molecule has 1 aromatic carbocycles. The molecule has 2 aliphatic carbocycles. The van der Waals surface area contributed by atoms with Crippen molar-refractivity contribution in [1.82, 2.24) is 0 Å². The molecule has 0 spiro atoms. The first-order valence-corrected chi connectivity index (χ1v) is 13.4. The molecule has 0 saturated heterocycles. The number of benzene rings is 1. The molecule has 1 aromatic rings. The van der Waals surface area contributed by atoms with Crippen molar-refractivity contribution in [1.29, 1.82) is 0 Å². The average molecular weight is 447 g/mol. The van der Waals surface area contributed by atoms with Gasteiger partial charge in [-0.05, 0) is 85.1 Å². The van der Waals surface area contributed by atoms with Crippen LogP contribution in [0.1, 0.15) is 95.2 Å². The van der Waals surface area contributed by atoms with Crippen LogP contribution < -0.4 is 0 Å². The zero-order valence-corrected chi connectivity index (χ0v) is 20.9. The van der Waals surface area contributed by atoms with E-state index in [0.29, 0.717) is 25.2 Å². The minimum absolute atomic E-state index is 0.116. The number of carbonyl (C=O) groups excluding carboxylic acids is 1. The first kappa shape index (κ1) is 24.5. The van der Waals surface area contributed by atoms with Crippen molar-refractivity contribution in [3.63, 3.8) is 0 Å². The number of thioether (sulfide) groups is 1. The number of aryl methyl sites for hydroxylation is 2. The monoisotopic (exact) mass is 446 g/mol. The highest BCUT2D eigenvalue weighted by Crippen LogP contribution is 2.49. The van der Waals surface area contributed by atoms with Crippen LogP contribution >= 0.6 is 11.8 Å². The minimum Gasteiger partial charge on any atom is -0.507 e. The van der Waals surface area contributed by atoms with E-state index in [1.54, 1.807) is 0 Å². The van der Waals surface area contributed by atoms with Gasteiger partial charge in [0.25, 0.3) is 0 Å². The van der Waals surface area contributed by atoms with Crippen LogP contribution in [-0.2, 0) is 21.4 Å². The van der Waals surface area contributed by atoms with Gasteiger partial charge in [-0.15, -0.1) is 0 Å². The first-order valence-electron chi connectivity index (χ1n) is 12.3. The lowest BCUT2D eigenvalue weighted by atomic mass is 9.83. The molecule has 0 aliphatic heterocycles. The lowest BCUT2D eigenvalue weighted by molar-refractivity contribution is -0.143. The van der Waals surface area contributed by atoms with Crippen LogP contribution in [0.4, 0.5) is 0 Å². The molecular formula is C27H42O3S. The highest BCUT2D eigenvalue weighted by molar-refractivity contribution is 7.99. The third kappa shape index (κ3) is 7.17. The van der Waals surface area contributed by atoms with E-state index in [1.165, 1.54) is 44.3 Å². The Bertz CT molecular complexity index is 737. The second-order valence-corrected chi connectivity index (χ2v) is 12.1. The molecule has 2 bridgehead atoms. The van der Waals surface area contributed by atoms with Crippen molar-refractivity contribution in [2.75, 3.05) is 12.4 Å². The van der Waals surface area contributed by atoms with Gasteiger partial charge in [0.05, 0.1) is 6.61 Å². The molecule has 2 aliphatic rings. The topological polar surface area (TPSA) is 46.5 Å². The molecule has 0 amide bonds. The standard InChI is InChI=1S/C27H42O3S/c1-19-15-20(17-23(26(19)29)27(2,3)4)10-12-25(28)30-13-7-5-6-8-14-31-24-18-21-9-11-22(24)16-21/h15,17,21-22,24,29H,5-14,16,18H2,1-4H3. The summed E-state index contributed by atoms with van der Waals surface area (Å²) in [7, 11) is 0. The number of phenols is 1. The normalized spacial score (nSPS) is 22.8. The molecule has 0 aromatic heterocycles. The summed E-state index contributed by atoms with van der Waals surface area (Å²) < 4.78 is 5.44. The van der Waals surface area contributed by atoms with Crippen molar-refractivity contribution in [2.45, 2.75) is 103 Å². The van der Waals surface area contributed by atoms with Gasteiger partial charge in [0.2, 0.25) is 0 Å². The van der Waals surface area contributed by atoms with Gasteiger partial charge in [0.1, 0.15) is 5.75 Å². The molecule has 0 radical (unpaired) electrons. The van der Waals surface area contributed by atoms with E-state index in [4.69, 9.17) is 4.74 Å². The van der Waals surface area contributed by atoms with E-state index in [9.17, 15) is 9.90 Å². The number of unbranched alkanes of at least 4 members (excludes halogenated alkanes) is 3. The number of hydrogen-bond acceptors (Lipinski definition) is 4. The Morgan fingerprint density at radius 2 is 1.90 bits per heavy atom. The van der Waals surface area contributed by atoms with Crippen LogP contribution in [0.3, 0.4) is 0 Å². The van der Waals surface area contributed by atoms with Crippen LogP contribution in [0.15, 0.2) is 12.1 Å². The largest absolute Gasteiger partial charge is 0.507 e.